The molecule has 0 spiro atoms. The Morgan fingerprint density at radius 3 is 2.63 bits per heavy atom. The van der Waals surface area contributed by atoms with Crippen molar-refractivity contribution in [3.63, 3.8) is 0 Å². The Kier molecular flexibility index (Phi) is 5.53. The number of nitrogens with one attached hydrogen (secondary N) is 1. The van der Waals surface area contributed by atoms with Crippen molar-refractivity contribution in [3.8, 4) is 11.4 Å². The summed E-state index contributed by atoms with van der Waals surface area (Å²) in [5, 5.41) is 29.7. The molecule has 0 unspecified atom stereocenters. The third-order valence-corrected chi connectivity index (χ3v) is 4.49. The van der Waals surface area contributed by atoms with Crippen LogP contribution < -0.4 is 5.11 Å². The van der Waals surface area contributed by atoms with Gasteiger partial charge in [-0.05, 0) is 47.7 Å². The summed E-state index contributed by atoms with van der Waals surface area (Å²) in [7, 11) is 0. The maximum atomic E-state index is 11.4. The minimum atomic E-state index is -1.44. The molecule has 0 saturated carbocycles. The van der Waals surface area contributed by atoms with E-state index in [2.05, 4.69) is 15.2 Å². The fourth-order valence-electron chi connectivity index (χ4n) is 2.14. The number of aromatic amines is 1. The molecule has 0 atom stereocenters. The molecule has 3 aromatic rings. The van der Waals surface area contributed by atoms with E-state index in [4.69, 9.17) is 11.6 Å². The average molecular weight is 402 g/mol. The number of hydrogen-bond acceptors (Lipinski definition) is 7. The van der Waals surface area contributed by atoms with E-state index in [1.165, 1.54) is 24.3 Å². The number of aromatic nitrogens is 3. The largest absolute Gasteiger partial charge is 0.544 e. The molecule has 3 rings (SSSR count). The third-order valence-electron chi connectivity index (χ3n) is 3.36. The van der Waals surface area contributed by atoms with Gasteiger partial charge in [-0.25, -0.2) is 4.98 Å². The highest BCUT2D eigenvalue weighted by molar-refractivity contribution is 8.04. The molecular formula is C17H10ClN4O4S-. The lowest BCUT2D eigenvalue weighted by Crippen LogP contribution is -2.23. The maximum Gasteiger partial charge on any atom is 0.270 e. The highest BCUT2D eigenvalue weighted by Gasteiger charge is 2.11. The number of carboxylic acids is 1. The lowest BCUT2D eigenvalue weighted by molar-refractivity contribution is -0.384. The molecule has 1 heterocycles. The van der Waals surface area contributed by atoms with Crippen molar-refractivity contribution in [1.29, 1.82) is 0 Å². The number of nitro benzene ring substituents is 1. The third kappa shape index (κ3) is 4.72. The van der Waals surface area contributed by atoms with E-state index < -0.39 is 10.9 Å². The molecule has 27 heavy (non-hydrogen) atoms. The van der Waals surface area contributed by atoms with Crippen molar-refractivity contribution in [2.24, 2.45) is 0 Å². The van der Waals surface area contributed by atoms with Gasteiger partial charge in [0.25, 0.3) is 5.69 Å². The number of aliphatic carboxylic acids is 1. The number of thioether (sulfide) groups is 1. The van der Waals surface area contributed by atoms with Gasteiger partial charge in [-0.1, -0.05) is 23.7 Å². The zero-order valence-electron chi connectivity index (χ0n) is 13.5. The number of rotatable bonds is 6. The second-order valence-corrected chi connectivity index (χ2v) is 6.67. The predicted octanol–water partition coefficient (Wildman–Crippen LogP) is 2.92. The lowest BCUT2D eigenvalue weighted by atomic mass is 10.2. The molecule has 136 valence electrons. The van der Waals surface area contributed by atoms with Crippen LogP contribution in [0.1, 0.15) is 5.56 Å². The van der Waals surface area contributed by atoms with E-state index in [0.29, 0.717) is 16.4 Å². The Morgan fingerprint density at radius 1 is 1.22 bits per heavy atom. The van der Waals surface area contributed by atoms with Gasteiger partial charge in [-0.2, -0.15) is 0 Å². The standard InChI is InChI=1S/C17H11ClN4O4S/c18-12-6-4-11(5-7-12)15-19-17(21-20-15)27-14(16(23)24)9-10-2-1-3-13(8-10)22(25)26/h1-9H,(H,23,24)(H,19,20,21)/p-1/b14-9-. The van der Waals surface area contributed by atoms with Gasteiger partial charge in [0.2, 0.25) is 5.16 Å². The molecule has 8 nitrogen and oxygen atoms in total. The summed E-state index contributed by atoms with van der Waals surface area (Å²) in [5.74, 6) is -0.994. The number of carboxylic acid groups (broad SMARTS) is 1. The highest BCUT2D eigenvalue weighted by Crippen LogP contribution is 2.28. The normalized spacial score (nSPS) is 11.4. The quantitative estimate of drug-likeness (QED) is 0.291. The molecule has 0 bridgehead atoms. The Balaban J connectivity index is 1.85. The van der Waals surface area contributed by atoms with Crippen molar-refractivity contribution in [1.82, 2.24) is 15.2 Å². The van der Waals surface area contributed by atoms with Gasteiger partial charge in [-0.3, -0.25) is 15.2 Å². The van der Waals surface area contributed by atoms with Crippen LogP contribution in [0.25, 0.3) is 17.5 Å². The van der Waals surface area contributed by atoms with Gasteiger partial charge < -0.3 is 9.90 Å². The number of benzene rings is 2. The summed E-state index contributed by atoms with van der Waals surface area (Å²) < 4.78 is 0. The number of nitrogens with zero attached hydrogens (tertiary/aromatic N) is 3. The second kappa shape index (κ2) is 8.02. The maximum absolute atomic E-state index is 11.4. The monoisotopic (exact) mass is 401 g/mol. The predicted molar refractivity (Wildman–Crippen MR) is 98.8 cm³/mol. The van der Waals surface area contributed by atoms with E-state index in [1.54, 1.807) is 30.3 Å². The van der Waals surface area contributed by atoms with Gasteiger partial charge in [-0.15, -0.1) is 5.10 Å². The fourth-order valence-corrected chi connectivity index (χ4v) is 2.97. The molecule has 2 aromatic carbocycles. The Bertz CT molecular complexity index is 1030. The molecule has 1 N–H and O–H groups in total. The number of nitro groups is 1. The van der Waals surface area contributed by atoms with Crippen LogP contribution in [0, 0.1) is 10.1 Å². The first-order chi connectivity index (χ1) is 12.9. The Labute approximate surface area is 162 Å². The molecule has 0 fully saturated rings. The fraction of sp³-hybridized carbons (Fsp3) is 0. The molecule has 0 amide bonds. The smallest absolute Gasteiger partial charge is 0.270 e. The van der Waals surface area contributed by atoms with Crippen LogP contribution in [0.4, 0.5) is 5.69 Å². The summed E-state index contributed by atoms with van der Waals surface area (Å²) in [6.45, 7) is 0. The molecule has 0 aliphatic carbocycles. The number of halogens is 1. The Morgan fingerprint density at radius 2 is 1.96 bits per heavy atom. The van der Waals surface area contributed by atoms with Crippen LogP contribution >= 0.6 is 23.4 Å². The number of carbonyl (C=O) groups excluding carboxylic acids is 1. The van der Waals surface area contributed by atoms with Crippen molar-refractivity contribution < 1.29 is 14.8 Å². The molecule has 0 saturated heterocycles. The topological polar surface area (TPSA) is 125 Å². The molecule has 10 heteroatoms. The summed E-state index contributed by atoms with van der Waals surface area (Å²) >= 11 is 6.62. The van der Waals surface area contributed by atoms with Gasteiger partial charge >= 0.3 is 0 Å². The van der Waals surface area contributed by atoms with E-state index >= 15 is 0 Å². The molecular weight excluding hydrogens is 392 g/mol. The molecule has 0 aliphatic rings. The van der Waals surface area contributed by atoms with Crippen molar-refractivity contribution in [2.45, 2.75) is 5.16 Å². The summed E-state index contributed by atoms with van der Waals surface area (Å²) in [6.07, 6.45) is 1.27. The Hall–Kier alpha value is -3.17. The van der Waals surface area contributed by atoms with E-state index in [1.807, 2.05) is 0 Å². The van der Waals surface area contributed by atoms with Crippen molar-refractivity contribution in [3.05, 3.63) is 74.1 Å². The SMILES string of the molecule is O=C([O-])/C(=C/c1cccc([N+](=O)[O-])c1)Sc1n[nH]c(-c2ccc(Cl)cc2)n1. The summed E-state index contributed by atoms with van der Waals surface area (Å²) in [4.78, 5) is 25.8. The number of hydrogen-bond donors (Lipinski definition) is 1. The molecule has 1 aromatic heterocycles. The van der Waals surface area contributed by atoms with E-state index in [0.717, 1.165) is 17.3 Å². The zero-order chi connectivity index (χ0) is 19.4. The van der Waals surface area contributed by atoms with Crippen LogP contribution in [-0.4, -0.2) is 26.1 Å². The molecule has 0 radical (unpaired) electrons. The van der Waals surface area contributed by atoms with Gasteiger partial charge in [0, 0.05) is 27.6 Å². The van der Waals surface area contributed by atoms with Crippen molar-refractivity contribution >= 4 is 41.1 Å². The van der Waals surface area contributed by atoms with Crippen LogP contribution in [0.15, 0.2) is 58.6 Å². The van der Waals surface area contributed by atoms with Gasteiger partial charge in [0.1, 0.15) is 0 Å². The minimum absolute atomic E-state index is 0.144. The average Bonchev–Trinajstić information content (AvgIpc) is 3.10. The van der Waals surface area contributed by atoms with Crippen LogP contribution in [0.3, 0.4) is 0 Å². The molecule has 0 aliphatic heterocycles. The van der Waals surface area contributed by atoms with Crippen LogP contribution in [0.2, 0.25) is 5.02 Å². The summed E-state index contributed by atoms with van der Waals surface area (Å²) in [6, 6.07) is 12.5. The number of carbonyl (C=O) groups is 1. The van der Waals surface area contributed by atoms with E-state index in [9.17, 15) is 20.0 Å². The second-order valence-electron chi connectivity index (χ2n) is 5.22. The zero-order valence-corrected chi connectivity index (χ0v) is 15.0. The summed E-state index contributed by atoms with van der Waals surface area (Å²) in [5.41, 5.74) is 0.940. The first-order valence-corrected chi connectivity index (χ1v) is 8.65. The van der Waals surface area contributed by atoms with Gasteiger partial charge in [0.05, 0.1) is 10.9 Å². The number of non-ortho nitro benzene ring substituents is 1. The van der Waals surface area contributed by atoms with Crippen LogP contribution in [-0.2, 0) is 4.79 Å². The van der Waals surface area contributed by atoms with Crippen LogP contribution in [0.5, 0.6) is 0 Å². The number of H-pyrrole nitrogens is 1. The van der Waals surface area contributed by atoms with E-state index in [-0.39, 0.29) is 15.7 Å². The lowest BCUT2D eigenvalue weighted by Gasteiger charge is -2.05. The minimum Gasteiger partial charge on any atom is -0.544 e. The first-order valence-electron chi connectivity index (χ1n) is 7.46. The highest BCUT2D eigenvalue weighted by atomic mass is 35.5. The van der Waals surface area contributed by atoms with Gasteiger partial charge in [0.15, 0.2) is 5.82 Å². The van der Waals surface area contributed by atoms with Crippen molar-refractivity contribution in [2.75, 3.05) is 0 Å². The first kappa shape index (κ1) is 18.6.